The molecule has 0 aliphatic carbocycles. The lowest BCUT2D eigenvalue weighted by Gasteiger charge is -2.17. The van der Waals surface area contributed by atoms with Crippen LogP contribution >= 0.6 is 11.3 Å². The van der Waals surface area contributed by atoms with Crippen LogP contribution in [0.3, 0.4) is 0 Å². The standard InChI is InChI=1S/C21H24N4OS/c1-13(2)15-6-8-16(9-7-15)24-20(26)18-14(3)17-19(25-10-4-5-11-25)22-12-23-21(17)27-18/h6-9,12-13H,4-5,10-11H2,1-3H3,(H,24,26). The molecule has 3 aromatic rings. The van der Waals surface area contributed by atoms with Gasteiger partial charge < -0.3 is 10.2 Å². The number of aryl methyl sites for hydroxylation is 1. The molecule has 27 heavy (non-hydrogen) atoms. The Bertz CT molecular complexity index is 972. The van der Waals surface area contributed by atoms with Crippen molar-refractivity contribution in [2.75, 3.05) is 23.3 Å². The molecule has 1 amide bonds. The normalized spacial score (nSPS) is 14.3. The van der Waals surface area contributed by atoms with Crippen molar-refractivity contribution in [1.29, 1.82) is 0 Å². The fourth-order valence-corrected chi connectivity index (χ4v) is 4.62. The van der Waals surface area contributed by atoms with Crippen molar-refractivity contribution in [2.45, 2.75) is 39.5 Å². The molecule has 1 fully saturated rings. The molecule has 140 valence electrons. The lowest BCUT2D eigenvalue weighted by Crippen LogP contribution is -2.19. The van der Waals surface area contributed by atoms with Crippen molar-refractivity contribution in [3.63, 3.8) is 0 Å². The third kappa shape index (κ3) is 3.41. The van der Waals surface area contributed by atoms with E-state index in [2.05, 4.69) is 46.2 Å². The van der Waals surface area contributed by atoms with E-state index >= 15 is 0 Å². The first-order valence-electron chi connectivity index (χ1n) is 9.45. The van der Waals surface area contributed by atoms with Crippen molar-refractivity contribution in [3.05, 3.63) is 46.6 Å². The second-order valence-electron chi connectivity index (χ2n) is 7.36. The Labute approximate surface area is 163 Å². The monoisotopic (exact) mass is 380 g/mol. The van der Waals surface area contributed by atoms with E-state index in [9.17, 15) is 4.79 Å². The van der Waals surface area contributed by atoms with Gasteiger partial charge in [-0.05, 0) is 48.9 Å². The van der Waals surface area contributed by atoms with Crippen LogP contribution in [-0.2, 0) is 0 Å². The summed E-state index contributed by atoms with van der Waals surface area (Å²) in [6, 6.07) is 8.06. The van der Waals surface area contributed by atoms with E-state index in [1.54, 1.807) is 6.33 Å². The number of amides is 1. The van der Waals surface area contributed by atoms with Gasteiger partial charge in [-0.15, -0.1) is 11.3 Å². The highest BCUT2D eigenvalue weighted by molar-refractivity contribution is 7.20. The molecule has 0 bridgehead atoms. The minimum absolute atomic E-state index is 0.0832. The molecule has 3 heterocycles. The number of rotatable bonds is 4. The van der Waals surface area contributed by atoms with Gasteiger partial charge >= 0.3 is 0 Å². The van der Waals surface area contributed by atoms with Gasteiger partial charge in [0.25, 0.3) is 5.91 Å². The van der Waals surface area contributed by atoms with Gasteiger partial charge in [-0.2, -0.15) is 0 Å². The number of nitrogens with one attached hydrogen (secondary N) is 1. The molecule has 6 heteroatoms. The molecule has 0 radical (unpaired) electrons. The van der Waals surface area contributed by atoms with Gasteiger partial charge in [-0.1, -0.05) is 26.0 Å². The van der Waals surface area contributed by atoms with E-state index in [1.807, 2.05) is 19.1 Å². The highest BCUT2D eigenvalue weighted by Gasteiger charge is 2.23. The number of aromatic nitrogens is 2. The molecule has 0 spiro atoms. The number of nitrogens with zero attached hydrogens (tertiary/aromatic N) is 3. The minimum atomic E-state index is -0.0832. The summed E-state index contributed by atoms with van der Waals surface area (Å²) < 4.78 is 0. The van der Waals surface area contributed by atoms with Crippen molar-refractivity contribution in [2.24, 2.45) is 0 Å². The fourth-order valence-electron chi connectivity index (χ4n) is 3.58. The first-order chi connectivity index (χ1) is 13.0. The van der Waals surface area contributed by atoms with E-state index in [0.29, 0.717) is 10.8 Å². The van der Waals surface area contributed by atoms with Crippen LogP contribution in [0.1, 0.15) is 53.4 Å². The second-order valence-corrected chi connectivity index (χ2v) is 8.36. The van der Waals surface area contributed by atoms with Crippen LogP contribution in [0.2, 0.25) is 0 Å². The highest BCUT2D eigenvalue weighted by Crippen LogP contribution is 2.36. The Hall–Kier alpha value is -2.47. The number of fused-ring (bicyclic) bond motifs is 1. The van der Waals surface area contributed by atoms with Gasteiger partial charge in [0.1, 0.15) is 17.0 Å². The zero-order valence-electron chi connectivity index (χ0n) is 16.0. The molecule has 0 saturated carbocycles. The SMILES string of the molecule is Cc1c(C(=O)Nc2ccc(C(C)C)cc2)sc2ncnc(N3CCCC3)c12. The Balaban J connectivity index is 1.64. The Morgan fingerprint density at radius 3 is 2.52 bits per heavy atom. The largest absolute Gasteiger partial charge is 0.356 e. The van der Waals surface area contributed by atoms with Gasteiger partial charge in [0.15, 0.2) is 0 Å². The Kier molecular flexibility index (Phi) is 4.83. The maximum absolute atomic E-state index is 12.9. The number of hydrogen-bond acceptors (Lipinski definition) is 5. The summed E-state index contributed by atoms with van der Waals surface area (Å²) in [5, 5.41) is 4.04. The molecule has 1 N–H and O–H groups in total. The van der Waals surface area contributed by atoms with Crippen LogP contribution in [0.4, 0.5) is 11.5 Å². The van der Waals surface area contributed by atoms with E-state index in [-0.39, 0.29) is 5.91 Å². The van der Waals surface area contributed by atoms with Crippen molar-refractivity contribution >= 4 is 39.0 Å². The molecule has 1 saturated heterocycles. The summed E-state index contributed by atoms with van der Waals surface area (Å²) in [6.45, 7) is 8.36. The smallest absolute Gasteiger partial charge is 0.266 e. The van der Waals surface area contributed by atoms with Crippen LogP contribution in [0.15, 0.2) is 30.6 Å². The molecule has 1 aromatic carbocycles. The summed E-state index contributed by atoms with van der Waals surface area (Å²) in [7, 11) is 0. The van der Waals surface area contributed by atoms with Crippen LogP contribution in [0.5, 0.6) is 0 Å². The first-order valence-corrected chi connectivity index (χ1v) is 10.3. The van der Waals surface area contributed by atoms with Crippen LogP contribution < -0.4 is 10.2 Å². The topological polar surface area (TPSA) is 58.1 Å². The second kappa shape index (κ2) is 7.27. The first kappa shape index (κ1) is 17.9. The molecule has 4 rings (SSSR count). The van der Waals surface area contributed by atoms with Crippen molar-refractivity contribution < 1.29 is 4.79 Å². The van der Waals surface area contributed by atoms with Gasteiger partial charge in [0.2, 0.25) is 0 Å². The van der Waals surface area contributed by atoms with E-state index in [0.717, 1.165) is 40.4 Å². The molecule has 1 aliphatic heterocycles. The number of thiophene rings is 1. The zero-order valence-corrected chi connectivity index (χ0v) is 16.8. The lowest BCUT2D eigenvalue weighted by molar-refractivity contribution is 0.103. The Morgan fingerprint density at radius 1 is 1.15 bits per heavy atom. The quantitative estimate of drug-likeness (QED) is 0.694. The third-order valence-corrected chi connectivity index (χ3v) is 6.35. The highest BCUT2D eigenvalue weighted by atomic mass is 32.1. The maximum atomic E-state index is 12.9. The van der Waals surface area contributed by atoms with Gasteiger partial charge in [0.05, 0.1) is 10.3 Å². The van der Waals surface area contributed by atoms with Gasteiger partial charge in [-0.3, -0.25) is 4.79 Å². The molecule has 1 aliphatic rings. The van der Waals surface area contributed by atoms with Gasteiger partial charge in [-0.25, -0.2) is 9.97 Å². The lowest BCUT2D eigenvalue weighted by atomic mass is 10.0. The number of carbonyl (C=O) groups excluding carboxylic acids is 1. The maximum Gasteiger partial charge on any atom is 0.266 e. The van der Waals surface area contributed by atoms with Crippen LogP contribution in [0, 0.1) is 6.92 Å². The average molecular weight is 381 g/mol. The molecular formula is C21H24N4OS. The number of carbonyl (C=O) groups is 1. The van der Waals surface area contributed by atoms with E-state index < -0.39 is 0 Å². The van der Waals surface area contributed by atoms with E-state index in [1.165, 1.54) is 29.7 Å². The molecule has 2 aromatic heterocycles. The Morgan fingerprint density at radius 2 is 1.85 bits per heavy atom. The van der Waals surface area contributed by atoms with Crippen LogP contribution in [0.25, 0.3) is 10.2 Å². The summed E-state index contributed by atoms with van der Waals surface area (Å²) >= 11 is 1.44. The summed E-state index contributed by atoms with van der Waals surface area (Å²) in [4.78, 5) is 25.7. The zero-order chi connectivity index (χ0) is 19.0. The van der Waals surface area contributed by atoms with Crippen LogP contribution in [-0.4, -0.2) is 29.0 Å². The summed E-state index contributed by atoms with van der Waals surface area (Å²) in [6.07, 6.45) is 3.99. The molecule has 0 atom stereocenters. The third-order valence-electron chi connectivity index (χ3n) is 5.15. The van der Waals surface area contributed by atoms with E-state index in [4.69, 9.17) is 0 Å². The fraction of sp³-hybridized carbons (Fsp3) is 0.381. The predicted molar refractivity (Wildman–Crippen MR) is 112 cm³/mol. The number of hydrogen-bond donors (Lipinski definition) is 1. The predicted octanol–water partition coefficient (Wildman–Crippen LogP) is 4.98. The molecule has 5 nitrogen and oxygen atoms in total. The summed E-state index contributed by atoms with van der Waals surface area (Å²) in [5.74, 6) is 1.36. The average Bonchev–Trinajstić information content (AvgIpc) is 3.30. The van der Waals surface area contributed by atoms with Crippen molar-refractivity contribution in [3.8, 4) is 0 Å². The van der Waals surface area contributed by atoms with Crippen molar-refractivity contribution in [1.82, 2.24) is 9.97 Å². The van der Waals surface area contributed by atoms with Gasteiger partial charge in [0, 0.05) is 18.8 Å². The molecular weight excluding hydrogens is 356 g/mol. The summed E-state index contributed by atoms with van der Waals surface area (Å²) in [5.41, 5.74) is 3.04. The molecule has 0 unspecified atom stereocenters. The minimum Gasteiger partial charge on any atom is -0.356 e. The number of benzene rings is 1. The number of anilines is 2.